The molecule has 5 nitrogen and oxygen atoms in total. The van der Waals surface area contributed by atoms with Crippen LogP contribution in [0.4, 0.5) is 0 Å². The normalized spacial score (nSPS) is 11.4. The van der Waals surface area contributed by atoms with E-state index in [-0.39, 0.29) is 11.7 Å². The molecule has 110 valence electrons. The van der Waals surface area contributed by atoms with Crippen LogP contribution in [0.2, 0.25) is 0 Å². The summed E-state index contributed by atoms with van der Waals surface area (Å²) in [6.45, 7) is 5.74. The van der Waals surface area contributed by atoms with Gasteiger partial charge in [0.2, 0.25) is 5.91 Å². The Kier molecular flexibility index (Phi) is 6.56. The van der Waals surface area contributed by atoms with Gasteiger partial charge >= 0.3 is 0 Å². The van der Waals surface area contributed by atoms with Crippen molar-refractivity contribution in [1.82, 2.24) is 4.90 Å². The van der Waals surface area contributed by atoms with Crippen molar-refractivity contribution < 1.29 is 10.0 Å². The third-order valence-electron chi connectivity index (χ3n) is 3.05. The molecule has 3 N–H and O–H groups in total. The van der Waals surface area contributed by atoms with E-state index in [2.05, 4.69) is 19.0 Å². The summed E-state index contributed by atoms with van der Waals surface area (Å²) in [5, 5.41) is 11.5. The van der Waals surface area contributed by atoms with Crippen molar-refractivity contribution in [3.8, 4) is 0 Å². The first-order valence-electron chi connectivity index (χ1n) is 6.97. The molecule has 0 radical (unpaired) electrons. The highest BCUT2D eigenvalue weighted by Crippen LogP contribution is 2.07. The average molecular weight is 277 g/mol. The van der Waals surface area contributed by atoms with Crippen molar-refractivity contribution in [1.29, 1.82) is 0 Å². The van der Waals surface area contributed by atoms with Crippen LogP contribution in [0.3, 0.4) is 0 Å². The van der Waals surface area contributed by atoms with Crippen LogP contribution >= 0.6 is 0 Å². The first kappa shape index (κ1) is 16.0. The van der Waals surface area contributed by atoms with Crippen LogP contribution in [0.5, 0.6) is 0 Å². The van der Waals surface area contributed by atoms with Gasteiger partial charge in [-0.2, -0.15) is 0 Å². The van der Waals surface area contributed by atoms with Gasteiger partial charge in [0.25, 0.3) is 0 Å². The van der Waals surface area contributed by atoms with Gasteiger partial charge in [-0.1, -0.05) is 43.3 Å². The number of hydrogen-bond donors (Lipinski definition) is 2. The molecule has 1 rings (SSSR count). The summed E-state index contributed by atoms with van der Waals surface area (Å²) in [6.07, 6.45) is 2.32. The molecular weight excluding hydrogens is 254 g/mol. The van der Waals surface area contributed by atoms with Crippen molar-refractivity contribution in [3.63, 3.8) is 0 Å². The molecule has 1 amide bonds. The fourth-order valence-electron chi connectivity index (χ4n) is 2.04. The van der Waals surface area contributed by atoms with Gasteiger partial charge in [0.15, 0.2) is 5.84 Å². The van der Waals surface area contributed by atoms with Crippen LogP contribution in [0.1, 0.15) is 37.8 Å². The number of amidine groups is 1. The van der Waals surface area contributed by atoms with Gasteiger partial charge in [-0.3, -0.25) is 4.79 Å². The number of benzene rings is 1. The summed E-state index contributed by atoms with van der Waals surface area (Å²) in [4.78, 5) is 14.1. The smallest absolute Gasteiger partial charge is 0.226 e. The van der Waals surface area contributed by atoms with Crippen molar-refractivity contribution in [3.05, 3.63) is 35.4 Å². The highest BCUT2D eigenvalue weighted by atomic mass is 16.4. The maximum atomic E-state index is 12.2. The van der Waals surface area contributed by atoms with E-state index in [1.54, 1.807) is 12.1 Å². The summed E-state index contributed by atoms with van der Waals surface area (Å²) in [7, 11) is 0. The lowest BCUT2D eigenvalue weighted by Gasteiger charge is -2.21. The van der Waals surface area contributed by atoms with Gasteiger partial charge in [0.1, 0.15) is 0 Å². The van der Waals surface area contributed by atoms with E-state index in [4.69, 9.17) is 10.9 Å². The molecule has 0 spiro atoms. The monoisotopic (exact) mass is 277 g/mol. The molecule has 0 atom stereocenters. The lowest BCUT2D eigenvalue weighted by atomic mass is 10.1. The molecule has 0 heterocycles. The topological polar surface area (TPSA) is 78.9 Å². The van der Waals surface area contributed by atoms with Crippen LogP contribution in [0.15, 0.2) is 29.4 Å². The quantitative estimate of drug-likeness (QED) is 0.346. The van der Waals surface area contributed by atoms with E-state index in [1.165, 1.54) is 0 Å². The minimum atomic E-state index is 0.0708. The SMILES string of the molecule is CCCN(CCC)C(=O)Cc1ccc(C(N)=NO)cc1. The zero-order valence-electron chi connectivity index (χ0n) is 12.2. The van der Waals surface area contributed by atoms with E-state index in [0.29, 0.717) is 12.0 Å². The molecule has 1 aromatic rings. The van der Waals surface area contributed by atoms with Gasteiger partial charge in [-0.05, 0) is 18.4 Å². The summed E-state index contributed by atoms with van der Waals surface area (Å²) in [6, 6.07) is 7.17. The predicted molar refractivity (Wildman–Crippen MR) is 79.8 cm³/mol. The van der Waals surface area contributed by atoms with E-state index in [0.717, 1.165) is 31.5 Å². The molecule has 0 aliphatic heterocycles. The Morgan fingerprint density at radius 1 is 1.20 bits per heavy atom. The molecule has 5 heteroatoms. The minimum Gasteiger partial charge on any atom is -0.409 e. The molecule has 0 fully saturated rings. The summed E-state index contributed by atoms with van der Waals surface area (Å²) in [5.41, 5.74) is 7.07. The van der Waals surface area contributed by atoms with E-state index in [9.17, 15) is 4.79 Å². The van der Waals surface area contributed by atoms with Gasteiger partial charge in [-0.25, -0.2) is 0 Å². The second-order valence-corrected chi connectivity index (χ2v) is 4.74. The van der Waals surface area contributed by atoms with Crippen LogP contribution in [0, 0.1) is 0 Å². The molecule has 0 aliphatic rings. The number of rotatable bonds is 7. The first-order valence-corrected chi connectivity index (χ1v) is 6.97. The molecule has 0 saturated heterocycles. The van der Waals surface area contributed by atoms with Gasteiger partial charge in [-0.15, -0.1) is 0 Å². The van der Waals surface area contributed by atoms with Crippen LogP contribution < -0.4 is 5.73 Å². The molecule has 20 heavy (non-hydrogen) atoms. The fraction of sp³-hybridized carbons (Fsp3) is 0.467. The maximum Gasteiger partial charge on any atom is 0.226 e. The predicted octanol–water partition coefficient (Wildman–Crippen LogP) is 1.97. The number of carbonyl (C=O) groups is 1. The Hall–Kier alpha value is -2.04. The van der Waals surface area contributed by atoms with Gasteiger partial charge in [0, 0.05) is 18.7 Å². The third-order valence-corrected chi connectivity index (χ3v) is 3.05. The zero-order chi connectivity index (χ0) is 15.0. The van der Waals surface area contributed by atoms with Crippen LogP contribution in [-0.2, 0) is 11.2 Å². The molecule has 0 aliphatic carbocycles. The number of hydrogen-bond acceptors (Lipinski definition) is 3. The van der Waals surface area contributed by atoms with E-state index < -0.39 is 0 Å². The molecule has 1 aromatic carbocycles. The summed E-state index contributed by atoms with van der Waals surface area (Å²) < 4.78 is 0. The Labute approximate surface area is 120 Å². The number of nitrogens with zero attached hydrogens (tertiary/aromatic N) is 2. The standard InChI is InChI=1S/C15H23N3O2/c1-3-9-18(10-4-2)14(19)11-12-5-7-13(8-6-12)15(16)17-20/h5-8,20H,3-4,9-11H2,1-2H3,(H2,16,17). The number of amides is 1. The lowest BCUT2D eigenvalue weighted by molar-refractivity contribution is -0.130. The third kappa shape index (κ3) is 4.57. The second kappa shape index (κ2) is 8.19. The molecule has 0 unspecified atom stereocenters. The van der Waals surface area contributed by atoms with Crippen LogP contribution in [0.25, 0.3) is 0 Å². The Morgan fingerprint density at radius 3 is 2.20 bits per heavy atom. The number of carbonyl (C=O) groups excluding carboxylic acids is 1. The molecule has 0 bridgehead atoms. The number of nitrogens with two attached hydrogens (primary N) is 1. The maximum absolute atomic E-state index is 12.2. The Balaban J connectivity index is 2.69. The van der Waals surface area contributed by atoms with Crippen molar-refractivity contribution in [2.75, 3.05) is 13.1 Å². The van der Waals surface area contributed by atoms with Gasteiger partial charge < -0.3 is 15.8 Å². The minimum absolute atomic E-state index is 0.0708. The van der Waals surface area contributed by atoms with E-state index >= 15 is 0 Å². The van der Waals surface area contributed by atoms with Crippen molar-refractivity contribution in [2.24, 2.45) is 10.9 Å². The first-order chi connectivity index (χ1) is 9.62. The average Bonchev–Trinajstić information content (AvgIpc) is 2.47. The summed E-state index contributed by atoms with van der Waals surface area (Å²) >= 11 is 0. The largest absolute Gasteiger partial charge is 0.409 e. The lowest BCUT2D eigenvalue weighted by Crippen LogP contribution is -2.33. The fourth-order valence-corrected chi connectivity index (χ4v) is 2.04. The van der Waals surface area contributed by atoms with Crippen molar-refractivity contribution >= 4 is 11.7 Å². The van der Waals surface area contributed by atoms with Gasteiger partial charge in [0.05, 0.1) is 6.42 Å². The zero-order valence-corrected chi connectivity index (χ0v) is 12.2. The Morgan fingerprint density at radius 2 is 1.75 bits per heavy atom. The Bertz CT molecular complexity index is 449. The highest BCUT2D eigenvalue weighted by molar-refractivity contribution is 5.97. The van der Waals surface area contributed by atoms with Crippen molar-refractivity contribution in [2.45, 2.75) is 33.1 Å². The molecule has 0 saturated carbocycles. The van der Waals surface area contributed by atoms with Crippen LogP contribution in [-0.4, -0.2) is 34.9 Å². The molecular formula is C15H23N3O2. The summed E-state index contributed by atoms with van der Waals surface area (Å²) in [5.74, 6) is 0.215. The highest BCUT2D eigenvalue weighted by Gasteiger charge is 2.12. The second-order valence-electron chi connectivity index (χ2n) is 4.74. The van der Waals surface area contributed by atoms with E-state index in [1.807, 2.05) is 17.0 Å². The number of oxime groups is 1. The molecule has 0 aromatic heterocycles.